The third-order valence-corrected chi connectivity index (χ3v) is 4.94. The van der Waals surface area contributed by atoms with E-state index in [0.717, 1.165) is 38.6 Å². The van der Waals surface area contributed by atoms with Gasteiger partial charge in [0.2, 0.25) is 0 Å². The highest BCUT2D eigenvalue weighted by molar-refractivity contribution is 14.0. The quantitative estimate of drug-likeness (QED) is 0.383. The molecule has 24 heavy (non-hydrogen) atoms. The Morgan fingerprint density at radius 2 is 2.00 bits per heavy atom. The molecule has 2 N–H and O–H groups in total. The lowest BCUT2D eigenvalue weighted by molar-refractivity contribution is 0.00801. The normalized spacial score (nSPS) is 28.7. The number of hydrogen-bond acceptors (Lipinski definition) is 3. The first-order chi connectivity index (χ1) is 10.9. The largest absolute Gasteiger partial charge is 0.377 e. The number of guanidine groups is 1. The van der Waals surface area contributed by atoms with Crippen LogP contribution in [-0.4, -0.2) is 63.3 Å². The molecule has 0 aromatic rings. The monoisotopic (exact) mass is 452 g/mol. The maximum atomic E-state index is 5.97. The van der Waals surface area contributed by atoms with Gasteiger partial charge in [0.15, 0.2) is 5.96 Å². The summed E-state index contributed by atoms with van der Waals surface area (Å²) < 4.78 is 5.97. The molecule has 2 heterocycles. The number of likely N-dealkylation sites (tertiary alicyclic amines) is 1. The van der Waals surface area contributed by atoms with E-state index in [0.29, 0.717) is 17.9 Å². The molecular weight excluding hydrogens is 415 g/mol. The van der Waals surface area contributed by atoms with E-state index in [-0.39, 0.29) is 29.4 Å². The van der Waals surface area contributed by atoms with E-state index in [1.54, 1.807) is 0 Å². The van der Waals surface area contributed by atoms with Crippen molar-refractivity contribution in [2.24, 2.45) is 22.2 Å². The van der Waals surface area contributed by atoms with Crippen molar-refractivity contribution in [3.8, 4) is 0 Å². The first kappa shape index (κ1) is 22.0. The second kappa shape index (κ2) is 10.2. The third-order valence-electron chi connectivity index (χ3n) is 4.94. The zero-order valence-electron chi connectivity index (χ0n) is 16.1. The van der Waals surface area contributed by atoms with Gasteiger partial charge < -0.3 is 20.3 Å². The van der Waals surface area contributed by atoms with Crippen LogP contribution in [0.1, 0.15) is 40.5 Å². The van der Waals surface area contributed by atoms with Gasteiger partial charge in [-0.2, -0.15) is 0 Å². The summed E-state index contributed by atoms with van der Waals surface area (Å²) in [6.07, 6.45) is 2.74. The molecule has 142 valence electrons. The van der Waals surface area contributed by atoms with Gasteiger partial charge in [-0.25, -0.2) is 0 Å². The molecule has 3 unspecified atom stereocenters. The maximum Gasteiger partial charge on any atom is 0.191 e. The van der Waals surface area contributed by atoms with Gasteiger partial charge in [-0.15, -0.1) is 24.0 Å². The molecule has 2 aliphatic heterocycles. The van der Waals surface area contributed by atoms with Crippen LogP contribution in [0.25, 0.3) is 0 Å². The minimum Gasteiger partial charge on any atom is -0.377 e. The van der Waals surface area contributed by atoms with E-state index >= 15 is 0 Å². The van der Waals surface area contributed by atoms with Crippen molar-refractivity contribution in [2.75, 3.05) is 46.4 Å². The molecule has 2 fully saturated rings. The fourth-order valence-corrected chi connectivity index (χ4v) is 3.77. The van der Waals surface area contributed by atoms with Gasteiger partial charge in [-0.1, -0.05) is 20.8 Å². The zero-order valence-corrected chi connectivity index (χ0v) is 18.4. The van der Waals surface area contributed by atoms with Crippen molar-refractivity contribution >= 4 is 29.9 Å². The number of hydrogen-bond donors (Lipinski definition) is 2. The topological polar surface area (TPSA) is 48.9 Å². The first-order valence-electron chi connectivity index (χ1n) is 9.22. The molecule has 0 aliphatic carbocycles. The molecule has 3 atom stereocenters. The van der Waals surface area contributed by atoms with E-state index < -0.39 is 0 Å². The summed E-state index contributed by atoms with van der Waals surface area (Å²) in [5.41, 5.74) is 0.201. The molecule has 2 aliphatic rings. The Labute approximate surface area is 165 Å². The fourth-order valence-electron chi connectivity index (χ4n) is 3.77. The van der Waals surface area contributed by atoms with Crippen LogP contribution in [0.5, 0.6) is 0 Å². The number of nitrogens with one attached hydrogen (secondary N) is 2. The second-order valence-corrected chi connectivity index (χ2v) is 8.22. The molecular formula is C18H37IN4O. The smallest absolute Gasteiger partial charge is 0.191 e. The van der Waals surface area contributed by atoms with Crippen LogP contribution in [0.2, 0.25) is 0 Å². The average molecular weight is 452 g/mol. The lowest BCUT2D eigenvalue weighted by Crippen LogP contribution is -2.43. The van der Waals surface area contributed by atoms with Crippen molar-refractivity contribution in [3.63, 3.8) is 0 Å². The Morgan fingerprint density at radius 3 is 2.58 bits per heavy atom. The van der Waals surface area contributed by atoms with Crippen molar-refractivity contribution in [1.82, 2.24) is 15.5 Å². The van der Waals surface area contributed by atoms with Crippen LogP contribution in [0.4, 0.5) is 0 Å². The van der Waals surface area contributed by atoms with E-state index in [9.17, 15) is 0 Å². The molecule has 0 aromatic carbocycles. The summed E-state index contributed by atoms with van der Waals surface area (Å²) in [6, 6.07) is 0. The fraction of sp³-hybridized carbons (Fsp3) is 0.944. The van der Waals surface area contributed by atoms with E-state index in [1.807, 2.05) is 0 Å². The van der Waals surface area contributed by atoms with Gasteiger partial charge in [-0.05, 0) is 44.7 Å². The first-order valence-corrected chi connectivity index (χ1v) is 9.22. The molecule has 2 saturated heterocycles. The molecule has 0 aromatic heterocycles. The molecule has 0 amide bonds. The molecule has 0 radical (unpaired) electrons. The summed E-state index contributed by atoms with van der Waals surface area (Å²) >= 11 is 0. The SMILES string of the molecule is CCNC(=NCC1CCN(C)C1)NCC1CCOC1C(C)(C)C.I. The summed E-state index contributed by atoms with van der Waals surface area (Å²) in [6.45, 7) is 15.0. The van der Waals surface area contributed by atoms with Gasteiger partial charge in [0.05, 0.1) is 6.10 Å². The number of rotatable bonds is 5. The Bertz CT molecular complexity index is 397. The molecule has 0 spiro atoms. The number of nitrogens with zero attached hydrogens (tertiary/aromatic N) is 2. The molecule has 0 bridgehead atoms. The van der Waals surface area contributed by atoms with Crippen LogP contribution < -0.4 is 10.6 Å². The minimum absolute atomic E-state index is 0. The number of halogens is 1. The summed E-state index contributed by atoms with van der Waals surface area (Å²) in [5, 5.41) is 6.92. The van der Waals surface area contributed by atoms with Gasteiger partial charge >= 0.3 is 0 Å². The van der Waals surface area contributed by atoms with Crippen molar-refractivity contribution in [2.45, 2.75) is 46.6 Å². The van der Waals surface area contributed by atoms with Crippen molar-refractivity contribution in [1.29, 1.82) is 0 Å². The lowest BCUT2D eigenvalue weighted by atomic mass is 9.81. The minimum atomic E-state index is 0. The lowest BCUT2D eigenvalue weighted by Gasteiger charge is -2.31. The van der Waals surface area contributed by atoms with E-state index in [1.165, 1.54) is 19.5 Å². The predicted molar refractivity (Wildman–Crippen MR) is 112 cm³/mol. The molecule has 0 saturated carbocycles. The predicted octanol–water partition coefficient (Wildman–Crippen LogP) is 2.56. The van der Waals surface area contributed by atoms with Crippen LogP contribution in [-0.2, 0) is 4.74 Å². The van der Waals surface area contributed by atoms with Crippen LogP contribution in [0, 0.1) is 17.3 Å². The van der Waals surface area contributed by atoms with Crippen molar-refractivity contribution in [3.05, 3.63) is 0 Å². The van der Waals surface area contributed by atoms with Gasteiger partial charge in [-0.3, -0.25) is 4.99 Å². The average Bonchev–Trinajstić information content (AvgIpc) is 3.10. The Morgan fingerprint density at radius 1 is 1.25 bits per heavy atom. The van der Waals surface area contributed by atoms with Gasteiger partial charge in [0.25, 0.3) is 0 Å². The van der Waals surface area contributed by atoms with Crippen molar-refractivity contribution < 1.29 is 4.74 Å². The zero-order chi connectivity index (χ0) is 16.9. The van der Waals surface area contributed by atoms with Crippen LogP contribution in [0.3, 0.4) is 0 Å². The molecule has 5 nitrogen and oxygen atoms in total. The standard InChI is InChI=1S/C18H36N4O.HI/c1-6-19-17(20-11-14-7-9-22(5)13-14)21-12-15-8-10-23-16(15)18(2,3)4;/h14-16H,6-13H2,1-5H3,(H2,19,20,21);1H. The molecule has 2 rings (SSSR count). The third kappa shape index (κ3) is 6.67. The Hall–Kier alpha value is -0.0800. The summed E-state index contributed by atoms with van der Waals surface area (Å²) in [4.78, 5) is 7.20. The second-order valence-electron chi connectivity index (χ2n) is 8.22. The maximum absolute atomic E-state index is 5.97. The number of ether oxygens (including phenoxy) is 1. The Kier molecular flexibility index (Phi) is 9.30. The van der Waals surface area contributed by atoms with Crippen LogP contribution >= 0.6 is 24.0 Å². The Balaban J connectivity index is 0.00000288. The van der Waals surface area contributed by atoms with Gasteiger partial charge in [0, 0.05) is 38.7 Å². The summed E-state index contributed by atoms with van der Waals surface area (Å²) in [7, 11) is 2.19. The van der Waals surface area contributed by atoms with E-state index in [4.69, 9.17) is 9.73 Å². The van der Waals surface area contributed by atoms with Gasteiger partial charge in [0.1, 0.15) is 0 Å². The number of aliphatic imine (C=N–C) groups is 1. The highest BCUT2D eigenvalue weighted by atomic mass is 127. The highest BCUT2D eigenvalue weighted by Crippen LogP contribution is 2.34. The van der Waals surface area contributed by atoms with Crippen LogP contribution in [0.15, 0.2) is 4.99 Å². The van der Waals surface area contributed by atoms with E-state index in [2.05, 4.69) is 50.3 Å². The molecule has 6 heteroatoms. The summed E-state index contributed by atoms with van der Waals surface area (Å²) in [5.74, 6) is 2.23. The highest BCUT2D eigenvalue weighted by Gasteiger charge is 2.37.